The Balaban J connectivity index is 1.88. The second-order valence-corrected chi connectivity index (χ2v) is 5.25. The van der Waals surface area contributed by atoms with E-state index < -0.39 is 0 Å². The van der Waals surface area contributed by atoms with E-state index in [2.05, 4.69) is 15.0 Å². The summed E-state index contributed by atoms with van der Waals surface area (Å²) in [4.78, 5) is 26.4. The summed E-state index contributed by atoms with van der Waals surface area (Å²) in [6.45, 7) is 5.02. The molecule has 110 valence electrons. The van der Waals surface area contributed by atoms with E-state index in [0.29, 0.717) is 24.4 Å². The molecule has 1 aliphatic heterocycles. The molecule has 0 spiro atoms. The number of H-pyrrole nitrogens is 1. The first-order valence-corrected chi connectivity index (χ1v) is 6.92. The third-order valence-corrected chi connectivity index (χ3v) is 3.69. The Kier molecular flexibility index (Phi) is 3.37. The summed E-state index contributed by atoms with van der Waals surface area (Å²) < 4.78 is 5.26. The smallest absolute Gasteiger partial charge is 0.258 e. The molecule has 0 unspecified atom stereocenters. The fraction of sp³-hybridized carbons (Fsp3) is 0.400. The number of hydrogen-bond acceptors (Lipinski definition) is 4. The van der Waals surface area contributed by atoms with Gasteiger partial charge in [0.1, 0.15) is 11.6 Å². The molecular formula is C15H18N4O2. The summed E-state index contributed by atoms with van der Waals surface area (Å²) in [6.07, 6.45) is 2.37. The first-order chi connectivity index (χ1) is 10.1. The van der Waals surface area contributed by atoms with Crippen molar-refractivity contribution in [1.82, 2.24) is 19.9 Å². The van der Waals surface area contributed by atoms with Gasteiger partial charge in [-0.05, 0) is 19.9 Å². The molecule has 3 heterocycles. The predicted molar refractivity (Wildman–Crippen MR) is 77.3 cm³/mol. The Morgan fingerprint density at radius 2 is 2.24 bits per heavy atom. The molecule has 1 amide bonds. The van der Waals surface area contributed by atoms with Crippen LogP contribution in [-0.2, 0) is 13.0 Å². The fourth-order valence-corrected chi connectivity index (χ4v) is 2.66. The third-order valence-electron chi connectivity index (χ3n) is 3.69. The van der Waals surface area contributed by atoms with Crippen molar-refractivity contribution in [3.8, 4) is 5.75 Å². The van der Waals surface area contributed by atoms with Crippen LogP contribution in [0, 0.1) is 13.8 Å². The van der Waals surface area contributed by atoms with Crippen molar-refractivity contribution in [2.24, 2.45) is 0 Å². The van der Waals surface area contributed by atoms with Gasteiger partial charge in [-0.2, -0.15) is 0 Å². The van der Waals surface area contributed by atoms with E-state index in [9.17, 15) is 4.79 Å². The highest BCUT2D eigenvalue weighted by atomic mass is 16.5. The zero-order valence-corrected chi connectivity index (χ0v) is 12.4. The standard InChI is InChI=1S/C15H18N4O2/c1-9-6-11(14(21-3)7-16-9)15(20)19-5-4-12-13(8-19)18-10(2)17-12/h6-7H,4-5,8H2,1-3H3,(H,17,18). The molecule has 0 saturated carbocycles. The number of rotatable bonds is 2. The van der Waals surface area contributed by atoms with Crippen LogP contribution in [0.4, 0.5) is 0 Å². The molecule has 21 heavy (non-hydrogen) atoms. The number of methoxy groups -OCH3 is 1. The van der Waals surface area contributed by atoms with Gasteiger partial charge in [0.25, 0.3) is 5.91 Å². The third kappa shape index (κ3) is 2.49. The summed E-state index contributed by atoms with van der Waals surface area (Å²) in [5.74, 6) is 1.37. The van der Waals surface area contributed by atoms with Crippen molar-refractivity contribution >= 4 is 5.91 Å². The Labute approximate surface area is 123 Å². The van der Waals surface area contributed by atoms with Gasteiger partial charge in [0, 0.05) is 18.7 Å². The van der Waals surface area contributed by atoms with Crippen LogP contribution >= 0.6 is 0 Å². The van der Waals surface area contributed by atoms with Gasteiger partial charge >= 0.3 is 0 Å². The van der Waals surface area contributed by atoms with Gasteiger partial charge in [0.15, 0.2) is 0 Å². The molecule has 6 heteroatoms. The maximum Gasteiger partial charge on any atom is 0.258 e. The van der Waals surface area contributed by atoms with Crippen LogP contribution in [0.25, 0.3) is 0 Å². The Hall–Kier alpha value is -2.37. The summed E-state index contributed by atoms with van der Waals surface area (Å²) in [6, 6.07) is 1.77. The normalized spacial score (nSPS) is 14.0. The molecule has 0 radical (unpaired) electrons. The second kappa shape index (κ2) is 5.20. The van der Waals surface area contributed by atoms with Crippen LogP contribution in [0.2, 0.25) is 0 Å². The average molecular weight is 286 g/mol. The van der Waals surface area contributed by atoms with Crippen LogP contribution in [0.1, 0.15) is 33.3 Å². The number of carbonyl (C=O) groups excluding carboxylic acids is 1. The first kappa shape index (κ1) is 13.6. The minimum Gasteiger partial charge on any atom is -0.494 e. The number of ether oxygens (including phenoxy) is 1. The lowest BCUT2D eigenvalue weighted by Gasteiger charge is -2.26. The molecule has 0 saturated heterocycles. The number of carbonyl (C=O) groups is 1. The molecule has 0 fully saturated rings. The Bertz CT molecular complexity index is 693. The number of pyridine rings is 1. The monoisotopic (exact) mass is 286 g/mol. The highest BCUT2D eigenvalue weighted by molar-refractivity contribution is 5.97. The SMILES string of the molecule is COc1cnc(C)cc1C(=O)N1CCc2nc(C)[nH]c2C1. The maximum absolute atomic E-state index is 12.7. The minimum absolute atomic E-state index is 0.0322. The predicted octanol–water partition coefficient (Wildman–Crippen LogP) is 1.63. The zero-order chi connectivity index (χ0) is 15.0. The minimum atomic E-state index is -0.0322. The van der Waals surface area contributed by atoms with Crippen molar-refractivity contribution in [2.75, 3.05) is 13.7 Å². The molecule has 3 rings (SSSR count). The fourth-order valence-electron chi connectivity index (χ4n) is 2.66. The van der Waals surface area contributed by atoms with E-state index in [4.69, 9.17) is 4.74 Å². The van der Waals surface area contributed by atoms with Crippen molar-refractivity contribution in [3.05, 3.63) is 40.7 Å². The molecule has 0 bridgehead atoms. The molecule has 6 nitrogen and oxygen atoms in total. The highest BCUT2D eigenvalue weighted by Gasteiger charge is 2.26. The average Bonchev–Trinajstić information content (AvgIpc) is 2.85. The van der Waals surface area contributed by atoms with E-state index in [1.165, 1.54) is 0 Å². The molecule has 1 N–H and O–H groups in total. The van der Waals surface area contributed by atoms with E-state index in [0.717, 1.165) is 29.3 Å². The number of aromatic amines is 1. The van der Waals surface area contributed by atoms with Gasteiger partial charge in [0.05, 0.1) is 36.8 Å². The number of hydrogen-bond donors (Lipinski definition) is 1. The number of nitrogens with zero attached hydrogens (tertiary/aromatic N) is 3. The summed E-state index contributed by atoms with van der Waals surface area (Å²) >= 11 is 0. The Morgan fingerprint density at radius 1 is 1.43 bits per heavy atom. The molecule has 0 aromatic carbocycles. The first-order valence-electron chi connectivity index (χ1n) is 6.92. The lowest BCUT2D eigenvalue weighted by molar-refractivity contribution is 0.0728. The molecule has 0 aliphatic carbocycles. The van der Waals surface area contributed by atoms with Crippen molar-refractivity contribution in [3.63, 3.8) is 0 Å². The Morgan fingerprint density at radius 3 is 3.00 bits per heavy atom. The zero-order valence-electron chi connectivity index (χ0n) is 12.4. The summed E-state index contributed by atoms with van der Waals surface area (Å²) in [5, 5.41) is 0. The van der Waals surface area contributed by atoms with E-state index in [1.54, 1.807) is 19.4 Å². The van der Waals surface area contributed by atoms with E-state index in [-0.39, 0.29) is 5.91 Å². The molecule has 0 atom stereocenters. The quantitative estimate of drug-likeness (QED) is 0.911. The number of imidazole rings is 1. The lowest BCUT2D eigenvalue weighted by atomic mass is 10.1. The summed E-state index contributed by atoms with van der Waals surface area (Å²) in [7, 11) is 1.55. The van der Waals surface area contributed by atoms with Crippen molar-refractivity contribution < 1.29 is 9.53 Å². The maximum atomic E-state index is 12.7. The second-order valence-electron chi connectivity index (χ2n) is 5.25. The molecule has 1 aliphatic rings. The number of aromatic nitrogens is 3. The van der Waals surface area contributed by atoms with Crippen LogP contribution < -0.4 is 4.74 Å². The van der Waals surface area contributed by atoms with E-state index in [1.807, 2.05) is 18.7 Å². The van der Waals surface area contributed by atoms with Crippen LogP contribution in [-0.4, -0.2) is 39.4 Å². The largest absolute Gasteiger partial charge is 0.494 e. The number of fused-ring (bicyclic) bond motifs is 1. The van der Waals surface area contributed by atoms with Crippen LogP contribution in [0.3, 0.4) is 0 Å². The van der Waals surface area contributed by atoms with Crippen LogP contribution in [0.15, 0.2) is 12.3 Å². The van der Waals surface area contributed by atoms with Crippen molar-refractivity contribution in [1.29, 1.82) is 0 Å². The van der Waals surface area contributed by atoms with Gasteiger partial charge in [-0.3, -0.25) is 9.78 Å². The number of nitrogens with one attached hydrogen (secondary N) is 1. The van der Waals surface area contributed by atoms with Gasteiger partial charge < -0.3 is 14.6 Å². The van der Waals surface area contributed by atoms with Gasteiger partial charge in [-0.25, -0.2) is 4.98 Å². The topological polar surface area (TPSA) is 71.1 Å². The molecule has 2 aromatic heterocycles. The number of aryl methyl sites for hydroxylation is 2. The highest BCUT2D eigenvalue weighted by Crippen LogP contribution is 2.23. The molecule has 2 aromatic rings. The number of amides is 1. The van der Waals surface area contributed by atoms with Crippen molar-refractivity contribution in [2.45, 2.75) is 26.8 Å². The molecular weight excluding hydrogens is 268 g/mol. The van der Waals surface area contributed by atoms with Gasteiger partial charge in [-0.15, -0.1) is 0 Å². The van der Waals surface area contributed by atoms with Gasteiger partial charge in [0.2, 0.25) is 0 Å². The van der Waals surface area contributed by atoms with E-state index >= 15 is 0 Å². The van der Waals surface area contributed by atoms with Crippen LogP contribution in [0.5, 0.6) is 5.75 Å². The van der Waals surface area contributed by atoms with Gasteiger partial charge in [-0.1, -0.05) is 0 Å². The lowest BCUT2D eigenvalue weighted by Crippen LogP contribution is -2.36. The summed E-state index contributed by atoms with van der Waals surface area (Å²) in [5.41, 5.74) is 3.45.